The minimum atomic E-state index is 0.370. The zero-order valence-electron chi connectivity index (χ0n) is 8.95. The van der Waals surface area contributed by atoms with Crippen LogP contribution in [0, 0.1) is 0 Å². The number of allylic oxidation sites excluding steroid dienone is 1. The molecule has 0 aliphatic rings. The third kappa shape index (κ3) is 7.53. The summed E-state index contributed by atoms with van der Waals surface area (Å²) in [6.45, 7) is 5.62. The molecule has 0 spiro atoms. The fourth-order valence-corrected chi connectivity index (χ4v) is 0.914. The van der Waals surface area contributed by atoms with Gasteiger partial charge in [-0.25, -0.2) is 0 Å². The van der Waals surface area contributed by atoms with Gasteiger partial charge in [0.05, 0.1) is 6.67 Å². The first-order valence-corrected chi connectivity index (χ1v) is 4.80. The molecular weight excluding hydrogens is 162 g/mol. The van der Waals surface area contributed by atoms with Gasteiger partial charge < -0.3 is 10.6 Å². The zero-order chi connectivity index (χ0) is 10.1. The number of nitrogens with two attached hydrogens (primary N) is 1. The zero-order valence-corrected chi connectivity index (χ0v) is 8.95. The summed E-state index contributed by atoms with van der Waals surface area (Å²) in [5.41, 5.74) is 6.26. The van der Waals surface area contributed by atoms with Crippen molar-refractivity contribution in [2.75, 3.05) is 20.3 Å². The van der Waals surface area contributed by atoms with Gasteiger partial charge in [-0.05, 0) is 19.4 Å². The molecule has 0 radical (unpaired) electrons. The van der Waals surface area contributed by atoms with Crippen molar-refractivity contribution in [3.8, 4) is 0 Å². The Bertz CT molecular complexity index is 173. The molecule has 0 saturated heterocycles. The first-order chi connectivity index (χ1) is 6.20. The molecule has 76 valence electrons. The number of hydrogen-bond donors (Lipinski definition) is 1. The van der Waals surface area contributed by atoms with Gasteiger partial charge >= 0.3 is 0 Å². The maximum absolute atomic E-state index is 5.28. The van der Waals surface area contributed by atoms with Gasteiger partial charge in [-0.1, -0.05) is 13.3 Å². The highest BCUT2D eigenvalue weighted by Crippen LogP contribution is 1.92. The molecule has 0 aromatic rings. The van der Waals surface area contributed by atoms with Gasteiger partial charge in [-0.15, -0.1) is 0 Å². The smallest absolute Gasteiger partial charge is 0.0862 e. The molecule has 2 N–H and O–H groups in total. The van der Waals surface area contributed by atoms with E-state index in [9.17, 15) is 0 Å². The summed E-state index contributed by atoms with van der Waals surface area (Å²) >= 11 is 0. The normalized spacial score (nSPS) is 12.5. The minimum absolute atomic E-state index is 0.370. The summed E-state index contributed by atoms with van der Waals surface area (Å²) in [5, 5.41) is 0. The number of aliphatic imine (C=N–C) groups is 1. The number of hydrogen-bond acceptors (Lipinski definition) is 3. The average molecular weight is 183 g/mol. The van der Waals surface area contributed by atoms with E-state index in [-0.39, 0.29) is 0 Å². The average Bonchev–Trinajstić information content (AvgIpc) is 2.12. The molecule has 0 heterocycles. The van der Waals surface area contributed by atoms with E-state index < -0.39 is 0 Å². The Morgan fingerprint density at radius 1 is 1.54 bits per heavy atom. The quantitative estimate of drug-likeness (QED) is 0.636. The van der Waals surface area contributed by atoms with Gasteiger partial charge in [0.1, 0.15) is 0 Å². The van der Waals surface area contributed by atoms with Gasteiger partial charge in [-0.2, -0.15) is 0 Å². The lowest BCUT2D eigenvalue weighted by molar-refractivity contribution is 0.442. The van der Waals surface area contributed by atoms with Gasteiger partial charge in [-0.3, -0.25) is 4.99 Å². The molecule has 0 aliphatic carbocycles. The van der Waals surface area contributed by atoms with Crippen LogP contribution in [0.25, 0.3) is 0 Å². The number of unbranched alkanes of at least 4 members (excludes halogenated alkanes) is 1. The van der Waals surface area contributed by atoms with Gasteiger partial charge in [0, 0.05) is 25.5 Å². The SMILES string of the molecule is CCCCN(C)/C=C\C(C)=NCN. The molecule has 0 amide bonds. The fourth-order valence-electron chi connectivity index (χ4n) is 0.914. The third-order valence-corrected chi connectivity index (χ3v) is 1.78. The van der Waals surface area contributed by atoms with Crippen molar-refractivity contribution in [3.63, 3.8) is 0 Å². The van der Waals surface area contributed by atoms with E-state index >= 15 is 0 Å². The van der Waals surface area contributed by atoms with Crippen LogP contribution in [0.1, 0.15) is 26.7 Å². The summed E-state index contributed by atoms with van der Waals surface area (Å²) in [4.78, 5) is 6.22. The molecule has 3 nitrogen and oxygen atoms in total. The molecule has 0 atom stereocenters. The lowest BCUT2D eigenvalue weighted by atomic mass is 10.3. The summed E-state index contributed by atoms with van der Waals surface area (Å²) in [6, 6.07) is 0. The Kier molecular flexibility index (Phi) is 7.30. The number of rotatable bonds is 6. The molecule has 0 bridgehead atoms. The fraction of sp³-hybridized carbons (Fsp3) is 0.700. The molecule has 0 saturated carbocycles. The predicted octanol–water partition coefficient (Wildman–Crippen LogP) is 1.61. The van der Waals surface area contributed by atoms with Crippen LogP contribution >= 0.6 is 0 Å². The standard InChI is InChI=1S/C10H21N3/c1-4-5-7-13(3)8-6-10(2)12-9-11/h6,8H,4-5,7,9,11H2,1-3H3/b8-6-,12-10?. The van der Waals surface area contributed by atoms with Crippen LogP contribution in [-0.4, -0.2) is 30.9 Å². The molecule has 0 fully saturated rings. The molecule has 0 aromatic heterocycles. The molecule has 0 aliphatic heterocycles. The van der Waals surface area contributed by atoms with E-state index in [2.05, 4.69) is 23.9 Å². The van der Waals surface area contributed by atoms with Crippen molar-refractivity contribution in [2.24, 2.45) is 10.7 Å². The molecule has 3 heteroatoms. The summed E-state index contributed by atoms with van der Waals surface area (Å²) in [6.07, 6.45) is 6.49. The Labute approximate surface area is 81.3 Å². The van der Waals surface area contributed by atoms with Crippen LogP contribution < -0.4 is 5.73 Å². The highest BCUT2D eigenvalue weighted by atomic mass is 15.1. The second kappa shape index (κ2) is 7.80. The third-order valence-electron chi connectivity index (χ3n) is 1.78. The molecular formula is C10H21N3. The first-order valence-electron chi connectivity index (χ1n) is 4.80. The van der Waals surface area contributed by atoms with Gasteiger partial charge in [0.2, 0.25) is 0 Å². The van der Waals surface area contributed by atoms with Gasteiger partial charge in [0.25, 0.3) is 0 Å². The molecule has 13 heavy (non-hydrogen) atoms. The lowest BCUT2D eigenvalue weighted by Crippen LogP contribution is -2.12. The van der Waals surface area contributed by atoms with Crippen molar-refractivity contribution < 1.29 is 0 Å². The van der Waals surface area contributed by atoms with Crippen molar-refractivity contribution in [2.45, 2.75) is 26.7 Å². The first kappa shape index (κ1) is 12.2. The highest BCUT2D eigenvalue weighted by Gasteiger charge is 1.89. The maximum atomic E-state index is 5.28. The predicted molar refractivity (Wildman–Crippen MR) is 58.8 cm³/mol. The molecule has 0 rings (SSSR count). The van der Waals surface area contributed by atoms with Crippen LogP contribution in [0.2, 0.25) is 0 Å². The van der Waals surface area contributed by atoms with Crippen molar-refractivity contribution in [1.82, 2.24) is 4.90 Å². The van der Waals surface area contributed by atoms with Gasteiger partial charge in [0.15, 0.2) is 0 Å². The Hall–Kier alpha value is -0.830. The highest BCUT2D eigenvalue weighted by molar-refractivity contribution is 5.92. The maximum Gasteiger partial charge on any atom is 0.0862 e. The summed E-state index contributed by atoms with van der Waals surface area (Å²) < 4.78 is 0. The topological polar surface area (TPSA) is 41.6 Å². The van der Waals surface area contributed by atoms with Crippen LogP contribution in [0.15, 0.2) is 17.3 Å². The second-order valence-corrected chi connectivity index (χ2v) is 3.13. The molecule has 0 aromatic carbocycles. The van der Waals surface area contributed by atoms with E-state index in [1.807, 2.05) is 19.2 Å². The monoisotopic (exact) mass is 183 g/mol. The Morgan fingerprint density at radius 3 is 2.77 bits per heavy atom. The van der Waals surface area contributed by atoms with E-state index in [1.165, 1.54) is 12.8 Å². The van der Waals surface area contributed by atoms with E-state index in [1.54, 1.807) is 0 Å². The van der Waals surface area contributed by atoms with Crippen LogP contribution in [0.3, 0.4) is 0 Å². The second-order valence-electron chi connectivity index (χ2n) is 3.13. The summed E-state index contributed by atoms with van der Waals surface area (Å²) in [5.74, 6) is 0. The van der Waals surface area contributed by atoms with E-state index in [0.717, 1.165) is 12.3 Å². The van der Waals surface area contributed by atoms with Crippen molar-refractivity contribution in [1.29, 1.82) is 0 Å². The van der Waals surface area contributed by atoms with Crippen molar-refractivity contribution in [3.05, 3.63) is 12.3 Å². The largest absolute Gasteiger partial charge is 0.380 e. The number of nitrogens with zero attached hydrogens (tertiary/aromatic N) is 2. The lowest BCUT2D eigenvalue weighted by Gasteiger charge is -2.12. The summed E-state index contributed by atoms with van der Waals surface area (Å²) in [7, 11) is 2.07. The minimum Gasteiger partial charge on any atom is -0.380 e. The van der Waals surface area contributed by atoms with E-state index in [4.69, 9.17) is 5.73 Å². The van der Waals surface area contributed by atoms with Crippen LogP contribution in [0.5, 0.6) is 0 Å². The molecule has 0 unspecified atom stereocenters. The van der Waals surface area contributed by atoms with E-state index in [0.29, 0.717) is 6.67 Å². The Balaban J connectivity index is 3.75. The van der Waals surface area contributed by atoms with Crippen LogP contribution in [0.4, 0.5) is 0 Å². The Morgan fingerprint density at radius 2 is 2.23 bits per heavy atom. The van der Waals surface area contributed by atoms with Crippen LogP contribution in [-0.2, 0) is 0 Å². The van der Waals surface area contributed by atoms with Crippen molar-refractivity contribution >= 4 is 5.71 Å².